The Labute approximate surface area is 242 Å². The Morgan fingerprint density at radius 2 is 1.70 bits per heavy atom. The van der Waals surface area contributed by atoms with Crippen molar-refractivity contribution in [1.82, 2.24) is 29.1 Å². The maximum absolute atomic E-state index is 11.8. The van der Waals surface area contributed by atoms with Gasteiger partial charge in [-0.1, -0.05) is 0 Å². The Morgan fingerprint density at radius 3 is 2.25 bits per heavy atom. The van der Waals surface area contributed by atoms with Gasteiger partial charge in [0.25, 0.3) is 5.56 Å². The maximum atomic E-state index is 11.8. The monoisotopic (exact) mass is 671 g/mol. The van der Waals surface area contributed by atoms with Gasteiger partial charge in [-0.3, -0.25) is 28.0 Å². The van der Waals surface area contributed by atoms with Crippen LogP contribution in [0.3, 0.4) is 0 Å². The van der Waals surface area contributed by atoms with E-state index >= 15 is 0 Å². The molecular formula is C19H27N7O16P2. The normalized spacial score (nSPS) is 31.5. The number of hydrogen-bond acceptors (Lipinski definition) is 16. The van der Waals surface area contributed by atoms with E-state index in [1.807, 2.05) is 0 Å². The second-order valence-electron chi connectivity index (χ2n) is 9.56. The highest BCUT2D eigenvalue weighted by Crippen LogP contribution is 2.62. The van der Waals surface area contributed by atoms with Crippen LogP contribution in [0.25, 0.3) is 11.2 Å². The molecule has 9 atom stereocenters. The molecule has 13 N–H and O–H groups in total. The summed E-state index contributed by atoms with van der Waals surface area (Å²) in [6, 6.07) is 0.726. The molecule has 2 aliphatic rings. The van der Waals surface area contributed by atoms with Crippen molar-refractivity contribution in [2.75, 3.05) is 12.3 Å². The van der Waals surface area contributed by atoms with E-state index in [1.54, 1.807) is 4.98 Å². The Balaban J connectivity index is 0.000000208. The minimum atomic E-state index is -5.70. The fourth-order valence-electron chi connectivity index (χ4n) is 4.50. The molecule has 3 aromatic rings. The summed E-state index contributed by atoms with van der Waals surface area (Å²) in [5.74, 6) is -2.54. The zero-order chi connectivity index (χ0) is 32.9. The van der Waals surface area contributed by atoms with Gasteiger partial charge in [-0.15, -0.1) is 0 Å². The van der Waals surface area contributed by atoms with E-state index in [0.717, 1.165) is 6.07 Å². The number of aliphatic hydroxyl groups is 6. The molecule has 244 valence electrons. The lowest BCUT2D eigenvalue weighted by Crippen LogP contribution is -2.49. The number of imidazole rings is 1. The number of anilines is 1. The van der Waals surface area contributed by atoms with Crippen molar-refractivity contribution >= 4 is 32.2 Å². The first kappa shape index (κ1) is 33.9. The van der Waals surface area contributed by atoms with Crippen molar-refractivity contribution in [3.05, 3.63) is 45.8 Å². The van der Waals surface area contributed by atoms with Crippen molar-refractivity contribution in [3.8, 4) is 0 Å². The lowest BCUT2D eigenvalue weighted by Gasteiger charge is -2.31. The molecule has 5 rings (SSSR count). The number of fused-ring (bicyclic) bond motifs is 1. The third-order valence-corrected chi connectivity index (χ3v) is 9.18. The van der Waals surface area contributed by atoms with Crippen molar-refractivity contribution in [1.29, 1.82) is 0 Å². The maximum Gasteiger partial charge on any atom is 0.364 e. The van der Waals surface area contributed by atoms with Gasteiger partial charge in [0.15, 0.2) is 29.8 Å². The lowest BCUT2D eigenvalue weighted by molar-refractivity contribution is -0.0805. The number of nitrogen functional groups attached to an aromatic ring is 1. The average Bonchev–Trinajstić information content (AvgIpc) is 3.57. The molecular weight excluding hydrogens is 644 g/mol. The minimum absolute atomic E-state index is 0.218. The van der Waals surface area contributed by atoms with Gasteiger partial charge in [0.05, 0.1) is 12.9 Å². The standard InChI is InChI=1S/C10H13N5O4.C9H14N2O12P2/c11-8-5-9(13-2-12-8)15(3-14-5)10-7(18)6(17)4(1-16)19-10;12-3-1-2-11(8(15)10-3)7-9(16,25(20,21)22)5(13)4(23-7)6(14)24(17,18)19/h2-4,6-7,10,16-18H,1H2,(H2,11,12,13);1-2,4-7,13-14,16H,(H,10,12,15)(H2,17,18,19)(H2,20,21,22)/t4-,6-,7-,10-;4-,5+,6?,7+,9-/m10/s1. The van der Waals surface area contributed by atoms with Gasteiger partial charge >= 0.3 is 20.9 Å². The molecule has 0 saturated carbocycles. The van der Waals surface area contributed by atoms with E-state index in [2.05, 4.69) is 15.0 Å². The number of hydrogen-bond donors (Lipinski definition) is 12. The van der Waals surface area contributed by atoms with Crippen LogP contribution < -0.4 is 17.0 Å². The van der Waals surface area contributed by atoms with Crippen LogP contribution in [0.2, 0.25) is 0 Å². The molecule has 0 aromatic carbocycles. The average molecular weight is 671 g/mol. The van der Waals surface area contributed by atoms with Crippen LogP contribution in [0.1, 0.15) is 12.5 Å². The highest BCUT2D eigenvalue weighted by molar-refractivity contribution is 7.53. The molecule has 25 heteroatoms. The summed E-state index contributed by atoms with van der Waals surface area (Å²) in [5, 5.41) is 55.1. The smallest absolute Gasteiger partial charge is 0.364 e. The molecule has 2 fully saturated rings. The van der Waals surface area contributed by atoms with Crippen molar-refractivity contribution in [3.63, 3.8) is 0 Å². The highest BCUT2D eigenvalue weighted by atomic mass is 31.2. The van der Waals surface area contributed by atoms with Gasteiger partial charge in [-0.25, -0.2) is 19.7 Å². The van der Waals surface area contributed by atoms with Crippen LogP contribution in [0.5, 0.6) is 0 Å². The number of aromatic nitrogens is 6. The Kier molecular flexibility index (Phi) is 9.30. The number of nitrogens with one attached hydrogen (secondary N) is 1. The summed E-state index contributed by atoms with van der Waals surface area (Å²) in [7, 11) is -11.0. The van der Waals surface area contributed by atoms with Crippen LogP contribution in [0.15, 0.2) is 34.5 Å². The third kappa shape index (κ3) is 5.87. The summed E-state index contributed by atoms with van der Waals surface area (Å²) in [5.41, 5.74) is 4.24. The molecule has 2 saturated heterocycles. The zero-order valence-corrected chi connectivity index (χ0v) is 23.6. The van der Waals surface area contributed by atoms with Crippen LogP contribution in [-0.4, -0.2) is 128 Å². The van der Waals surface area contributed by atoms with E-state index in [0.29, 0.717) is 17.4 Å². The number of ether oxygens (including phenoxy) is 2. The van der Waals surface area contributed by atoms with E-state index in [-0.39, 0.29) is 10.4 Å². The van der Waals surface area contributed by atoms with E-state index in [1.165, 1.54) is 17.2 Å². The predicted octanol–water partition coefficient (Wildman–Crippen LogP) is -5.82. The number of rotatable bonds is 6. The first-order valence-electron chi connectivity index (χ1n) is 12.1. The second-order valence-corrected chi connectivity index (χ2v) is 13.1. The topological polar surface area (TPSA) is 379 Å². The Hall–Kier alpha value is -2.99. The lowest BCUT2D eigenvalue weighted by atomic mass is 10.1. The van der Waals surface area contributed by atoms with E-state index in [9.17, 15) is 54.0 Å². The molecule has 0 spiro atoms. The van der Waals surface area contributed by atoms with Gasteiger partial charge in [-0.05, 0) is 0 Å². The molecule has 23 nitrogen and oxygen atoms in total. The summed E-state index contributed by atoms with van der Waals surface area (Å²) in [6.07, 6.45) is -8.18. The number of aliphatic hydroxyl groups excluding tert-OH is 5. The van der Waals surface area contributed by atoms with Crippen molar-refractivity contribution in [2.45, 2.75) is 54.2 Å². The summed E-state index contributed by atoms with van der Waals surface area (Å²) < 4.78 is 34.8. The van der Waals surface area contributed by atoms with Crippen LogP contribution in [-0.2, 0) is 18.6 Å². The first-order valence-corrected chi connectivity index (χ1v) is 15.4. The molecule has 2 aliphatic heterocycles. The molecule has 1 unspecified atom stereocenters. The zero-order valence-electron chi connectivity index (χ0n) is 21.8. The summed E-state index contributed by atoms with van der Waals surface area (Å²) in [4.78, 5) is 73.1. The quantitative estimate of drug-likeness (QED) is 0.109. The van der Waals surface area contributed by atoms with Gasteiger partial charge in [0, 0.05) is 12.3 Å². The Morgan fingerprint density at radius 1 is 1.05 bits per heavy atom. The van der Waals surface area contributed by atoms with Crippen LogP contribution in [0, 0.1) is 0 Å². The predicted molar refractivity (Wildman–Crippen MR) is 139 cm³/mol. The highest BCUT2D eigenvalue weighted by Gasteiger charge is 2.69. The summed E-state index contributed by atoms with van der Waals surface area (Å²) >= 11 is 0. The molecule has 5 heterocycles. The Bertz CT molecular complexity index is 1720. The fraction of sp³-hybridized carbons (Fsp3) is 0.526. The number of H-pyrrole nitrogens is 1. The van der Waals surface area contributed by atoms with Gasteiger partial charge in [0.1, 0.15) is 42.4 Å². The van der Waals surface area contributed by atoms with Gasteiger partial charge < -0.3 is 65.4 Å². The second kappa shape index (κ2) is 12.1. The molecule has 3 aromatic heterocycles. The number of nitrogens with two attached hydrogens (primary N) is 1. The third-order valence-electron chi connectivity index (χ3n) is 6.78. The largest absolute Gasteiger partial charge is 0.394 e. The molecule has 44 heavy (non-hydrogen) atoms. The molecule has 0 bridgehead atoms. The molecule has 0 radical (unpaired) electrons. The van der Waals surface area contributed by atoms with Gasteiger partial charge in [0.2, 0.25) is 5.34 Å². The van der Waals surface area contributed by atoms with Crippen LogP contribution >= 0.6 is 15.2 Å². The number of aromatic amines is 1. The SMILES string of the molecule is Nc1ncnc2c1ncn2[C@@H]1O[C@H](CO)[C@@H](O)[C@H]1O.O=c1ccn([C@@H]2O[C@H](C(O)P(=O)(O)O)[C@@H](O)[C@]2(O)P(=O)(O)O)c(=O)[nH]1. The van der Waals surface area contributed by atoms with E-state index < -0.39 is 87.2 Å². The van der Waals surface area contributed by atoms with E-state index in [4.69, 9.17) is 30.1 Å². The van der Waals surface area contributed by atoms with Crippen molar-refractivity contribution < 1.29 is 68.8 Å². The minimum Gasteiger partial charge on any atom is -0.394 e. The first-order chi connectivity index (χ1) is 20.3. The molecule has 0 aliphatic carbocycles. The molecule has 0 amide bonds. The van der Waals surface area contributed by atoms with Crippen LogP contribution in [0.4, 0.5) is 5.82 Å². The van der Waals surface area contributed by atoms with Crippen molar-refractivity contribution in [2.24, 2.45) is 0 Å². The number of nitrogens with zero attached hydrogens (tertiary/aromatic N) is 5. The summed E-state index contributed by atoms with van der Waals surface area (Å²) in [6.45, 7) is -0.390. The van der Waals surface area contributed by atoms with Gasteiger partial charge in [-0.2, -0.15) is 0 Å². The fourth-order valence-corrected chi connectivity index (χ4v) is 6.08.